The van der Waals surface area contributed by atoms with E-state index in [2.05, 4.69) is 15.1 Å². The highest BCUT2D eigenvalue weighted by molar-refractivity contribution is 7.98. The Balaban J connectivity index is 2.51. The maximum absolute atomic E-state index is 11.9. The highest BCUT2D eigenvalue weighted by Crippen LogP contribution is 2.09. The SMILES string of the molecule is CSCCCCNS(=O)(=O)c1ccc(NN)nc1. The zero-order valence-corrected chi connectivity index (χ0v) is 11.9. The summed E-state index contributed by atoms with van der Waals surface area (Å²) >= 11 is 1.75. The van der Waals surface area contributed by atoms with Crippen molar-refractivity contribution in [3.8, 4) is 0 Å². The standard InChI is InChI=1S/C10H18N4O2S2/c1-17-7-3-2-6-13-18(15,16)9-4-5-10(14-11)12-8-9/h4-5,8,13H,2-3,6-7,11H2,1H3,(H,12,14). The number of thioether (sulfide) groups is 1. The molecular weight excluding hydrogens is 272 g/mol. The highest BCUT2D eigenvalue weighted by Gasteiger charge is 2.13. The Morgan fingerprint density at radius 3 is 2.72 bits per heavy atom. The molecule has 0 saturated carbocycles. The zero-order valence-electron chi connectivity index (χ0n) is 10.2. The molecule has 0 atom stereocenters. The van der Waals surface area contributed by atoms with Gasteiger partial charge in [-0.1, -0.05) is 0 Å². The first kappa shape index (κ1) is 15.2. The summed E-state index contributed by atoms with van der Waals surface area (Å²) in [5, 5.41) is 0. The molecule has 0 radical (unpaired) electrons. The molecule has 102 valence electrons. The van der Waals surface area contributed by atoms with Crippen molar-refractivity contribution in [2.75, 3.05) is 24.0 Å². The zero-order chi connectivity index (χ0) is 13.4. The number of hydrogen-bond acceptors (Lipinski definition) is 6. The van der Waals surface area contributed by atoms with Gasteiger partial charge < -0.3 is 5.43 Å². The van der Waals surface area contributed by atoms with Gasteiger partial charge in [0.15, 0.2) is 0 Å². The fraction of sp³-hybridized carbons (Fsp3) is 0.500. The molecule has 1 aromatic heterocycles. The number of sulfonamides is 1. The van der Waals surface area contributed by atoms with E-state index in [0.717, 1.165) is 18.6 Å². The number of hydrogen-bond donors (Lipinski definition) is 3. The number of rotatable bonds is 8. The molecule has 1 heterocycles. The van der Waals surface area contributed by atoms with Crippen molar-refractivity contribution in [2.24, 2.45) is 5.84 Å². The number of aromatic nitrogens is 1. The fourth-order valence-electron chi connectivity index (χ4n) is 1.29. The lowest BCUT2D eigenvalue weighted by Gasteiger charge is -2.06. The number of pyridine rings is 1. The van der Waals surface area contributed by atoms with Crippen LogP contribution in [0, 0.1) is 0 Å². The number of hydrazine groups is 1. The molecular formula is C10H18N4O2S2. The van der Waals surface area contributed by atoms with Crippen LogP contribution in [0.5, 0.6) is 0 Å². The Morgan fingerprint density at radius 2 is 2.17 bits per heavy atom. The molecule has 0 aliphatic carbocycles. The Labute approximate surface area is 112 Å². The number of anilines is 1. The van der Waals surface area contributed by atoms with Gasteiger partial charge in [0, 0.05) is 12.7 Å². The van der Waals surface area contributed by atoms with Crippen LogP contribution in [0.15, 0.2) is 23.2 Å². The van der Waals surface area contributed by atoms with Crippen LogP contribution in [-0.4, -0.2) is 32.0 Å². The minimum atomic E-state index is -3.46. The van der Waals surface area contributed by atoms with Gasteiger partial charge in [0.1, 0.15) is 10.7 Å². The number of nitrogens with zero attached hydrogens (tertiary/aromatic N) is 1. The highest BCUT2D eigenvalue weighted by atomic mass is 32.2. The molecule has 18 heavy (non-hydrogen) atoms. The van der Waals surface area contributed by atoms with E-state index in [1.807, 2.05) is 6.26 Å². The molecule has 0 aliphatic heterocycles. The van der Waals surface area contributed by atoms with Crippen LogP contribution in [0.3, 0.4) is 0 Å². The molecule has 0 amide bonds. The minimum Gasteiger partial charge on any atom is -0.308 e. The third-order valence-electron chi connectivity index (χ3n) is 2.26. The van der Waals surface area contributed by atoms with Crippen LogP contribution in [0.2, 0.25) is 0 Å². The first-order valence-electron chi connectivity index (χ1n) is 5.51. The Hall–Kier alpha value is -0.830. The number of nitrogen functional groups attached to an aromatic ring is 1. The van der Waals surface area contributed by atoms with E-state index in [0.29, 0.717) is 12.4 Å². The smallest absolute Gasteiger partial charge is 0.242 e. The summed E-state index contributed by atoms with van der Waals surface area (Å²) in [4.78, 5) is 4.01. The first-order chi connectivity index (χ1) is 8.60. The molecule has 1 aromatic rings. The molecule has 8 heteroatoms. The molecule has 0 bridgehead atoms. The van der Waals surface area contributed by atoms with Crippen molar-refractivity contribution in [2.45, 2.75) is 17.7 Å². The number of nitrogens with one attached hydrogen (secondary N) is 2. The van der Waals surface area contributed by atoms with Crippen LogP contribution in [0.4, 0.5) is 5.82 Å². The van der Waals surface area contributed by atoms with Crippen molar-refractivity contribution in [3.63, 3.8) is 0 Å². The lowest BCUT2D eigenvalue weighted by molar-refractivity contribution is 0.578. The molecule has 6 nitrogen and oxygen atoms in total. The largest absolute Gasteiger partial charge is 0.308 e. The summed E-state index contributed by atoms with van der Waals surface area (Å²) in [7, 11) is -3.46. The third kappa shape index (κ3) is 4.81. The Bertz CT molecular complexity index is 447. The lowest BCUT2D eigenvalue weighted by Crippen LogP contribution is -2.25. The van der Waals surface area contributed by atoms with E-state index >= 15 is 0 Å². The van der Waals surface area contributed by atoms with Gasteiger partial charge in [0.05, 0.1) is 0 Å². The Morgan fingerprint density at radius 1 is 1.39 bits per heavy atom. The summed E-state index contributed by atoms with van der Waals surface area (Å²) in [5.74, 6) is 6.62. The normalized spacial score (nSPS) is 11.4. The summed E-state index contributed by atoms with van der Waals surface area (Å²) in [6.07, 6.45) is 5.14. The van der Waals surface area contributed by atoms with Crippen molar-refractivity contribution in [1.82, 2.24) is 9.71 Å². The second-order valence-corrected chi connectivity index (χ2v) is 6.37. The Kier molecular flexibility index (Phi) is 6.41. The van der Waals surface area contributed by atoms with Crippen molar-refractivity contribution in [1.29, 1.82) is 0 Å². The minimum absolute atomic E-state index is 0.145. The molecule has 1 rings (SSSR count). The van der Waals surface area contributed by atoms with Gasteiger partial charge in [-0.2, -0.15) is 11.8 Å². The van der Waals surface area contributed by atoms with Crippen LogP contribution in [0.1, 0.15) is 12.8 Å². The van der Waals surface area contributed by atoms with Crippen LogP contribution >= 0.6 is 11.8 Å². The van der Waals surface area contributed by atoms with E-state index < -0.39 is 10.0 Å². The maximum Gasteiger partial charge on any atom is 0.242 e. The summed E-state index contributed by atoms with van der Waals surface area (Å²) in [5.41, 5.74) is 2.34. The number of nitrogens with two attached hydrogens (primary N) is 1. The van der Waals surface area contributed by atoms with E-state index in [-0.39, 0.29) is 4.90 Å². The second kappa shape index (κ2) is 7.57. The predicted molar refractivity (Wildman–Crippen MR) is 74.9 cm³/mol. The van der Waals surface area contributed by atoms with Gasteiger partial charge in [0.25, 0.3) is 0 Å². The van der Waals surface area contributed by atoms with Gasteiger partial charge in [-0.25, -0.2) is 24.0 Å². The van der Waals surface area contributed by atoms with Gasteiger partial charge in [-0.05, 0) is 37.0 Å². The predicted octanol–water partition coefficient (Wildman–Crippen LogP) is 0.789. The first-order valence-corrected chi connectivity index (χ1v) is 8.39. The van der Waals surface area contributed by atoms with Crippen LogP contribution < -0.4 is 16.0 Å². The van der Waals surface area contributed by atoms with Crippen molar-refractivity contribution >= 4 is 27.6 Å². The molecule has 0 fully saturated rings. The van der Waals surface area contributed by atoms with Crippen LogP contribution in [0.25, 0.3) is 0 Å². The van der Waals surface area contributed by atoms with E-state index in [9.17, 15) is 8.42 Å². The van der Waals surface area contributed by atoms with Gasteiger partial charge in [-0.3, -0.25) is 0 Å². The molecule has 0 spiro atoms. The summed E-state index contributed by atoms with van der Waals surface area (Å²) in [6.45, 7) is 0.444. The molecule has 0 aliphatic rings. The van der Waals surface area contributed by atoms with Gasteiger partial charge in [0.2, 0.25) is 10.0 Å². The molecule has 4 N–H and O–H groups in total. The van der Waals surface area contributed by atoms with Crippen molar-refractivity contribution < 1.29 is 8.42 Å². The molecule has 0 unspecified atom stereocenters. The number of unbranched alkanes of at least 4 members (excludes halogenated alkanes) is 1. The van der Waals surface area contributed by atoms with Gasteiger partial charge >= 0.3 is 0 Å². The van der Waals surface area contributed by atoms with E-state index in [4.69, 9.17) is 5.84 Å². The molecule has 0 aromatic carbocycles. The monoisotopic (exact) mass is 290 g/mol. The molecule has 0 saturated heterocycles. The quantitative estimate of drug-likeness (QED) is 0.372. The second-order valence-electron chi connectivity index (χ2n) is 3.62. The lowest BCUT2D eigenvalue weighted by atomic mass is 10.3. The average molecular weight is 290 g/mol. The topological polar surface area (TPSA) is 97.1 Å². The fourth-order valence-corrected chi connectivity index (χ4v) is 2.80. The van der Waals surface area contributed by atoms with E-state index in [1.54, 1.807) is 11.8 Å². The maximum atomic E-state index is 11.9. The average Bonchev–Trinajstić information content (AvgIpc) is 2.38. The summed E-state index contributed by atoms with van der Waals surface area (Å²) in [6, 6.07) is 2.98. The van der Waals surface area contributed by atoms with Crippen LogP contribution in [-0.2, 0) is 10.0 Å². The van der Waals surface area contributed by atoms with Crippen molar-refractivity contribution in [3.05, 3.63) is 18.3 Å². The van der Waals surface area contributed by atoms with E-state index in [1.165, 1.54) is 18.3 Å². The third-order valence-corrected chi connectivity index (χ3v) is 4.41. The van der Waals surface area contributed by atoms with Gasteiger partial charge in [-0.15, -0.1) is 0 Å². The summed E-state index contributed by atoms with van der Waals surface area (Å²) < 4.78 is 26.3.